The first kappa shape index (κ1) is 33.4. The molecule has 43 heavy (non-hydrogen) atoms. The summed E-state index contributed by atoms with van der Waals surface area (Å²) in [5.74, 6) is 0.672. The summed E-state index contributed by atoms with van der Waals surface area (Å²) in [6.45, 7) is 6.10. The van der Waals surface area contributed by atoms with Gasteiger partial charge in [-0.1, -0.05) is 12.1 Å². The van der Waals surface area contributed by atoms with Crippen LogP contribution in [0.4, 0.5) is 10.5 Å². The van der Waals surface area contributed by atoms with Crippen LogP contribution in [0.15, 0.2) is 60.0 Å². The van der Waals surface area contributed by atoms with Crippen molar-refractivity contribution in [2.24, 2.45) is 0 Å². The van der Waals surface area contributed by atoms with Crippen molar-refractivity contribution in [2.45, 2.75) is 33.2 Å². The molecule has 232 valence electrons. The fourth-order valence-corrected chi connectivity index (χ4v) is 5.03. The SMILES string of the molecule is CCOCCCN(CC(=O)N(CCc1ccc(OC)c(OC)c1)Cc1cccs1)C(=O)Nc1ccc(C(=O)OCC)cc1. The van der Waals surface area contributed by atoms with Crippen molar-refractivity contribution >= 4 is 34.9 Å². The van der Waals surface area contributed by atoms with E-state index >= 15 is 0 Å². The van der Waals surface area contributed by atoms with Crippen LogP contribution in [0.3, 0.4) is 0 Å². The summed E-state index contributed by atoms with van der Waals surface area (Å²) in [5.41, 5.74) is 1.89. The number of nitrogens with zero attached hydrogens (tertiary/aromatic N) is 2. The second-order valence-corrected chi connectivity index (χ2v) is 10.6. The van der Waals surface area contributed by atoms with E-state index in [1.165, 1.54) is 4.90 Å². The second-order valence-electron chi connectivity index (χ2n) is 9.53. The molecule has 0 bridgehead atoms. The van der Waals surface area contributed by atoms with Gasteiger partial charge in [-0.3, -0.25) is 4.79 Å². The van der Waals surface area contributed by atoms with Crippen LogP contribution in [0, 0.1) is 0 Å². The average Bonchev–Trinajstić information content (AvgIpc) is 3.54. The highest BCUT2D eigenvalue weighted by molar-refractivity contribution is 7.09. The number of esters is 1. The molecule has 0 spiro atoms. The lowest BCUT2D eigenvalue weighted by molar-refractivity contribution is -0.132. The molecule has 0 saturated heterocycles. The van der Waals surface area contributed by atoms with Gasteiger partial charge in [-0.15, -0.1) is 11.3 Å². The number of anilines is 1. The maximum atomic E-state index is 13.7. The van der Waals surface area contributed by atoms with Gasteiger partial charge in [0.05, 0.1) is 32.9 Å². The van der Waals surface area contributed by atoms with Gasteiger partial charge in [0, 0.05) is 36.9 Å². The molecule has 0 atom stereocenters. The van der Waals surface area contributed by atoms with Crippen molar-refractivity contribution < 1.29 is 33.3 Å². The number of hydrogen-bond acceptors (Lipinski definition) is 8. The summed E-state index contributed by atoms with van der Waals surface area (Å²) >= 11 is 1.58. The van der Waals surface area contributed by atoms with Crippen LogP contribution < -0.4 is 14.8 Å². The largest absolute Gasteiger partial charge is 0.493 e. The van der Waals surface area contributed by atoms with Crippen LogP contribution in [0.25, 0.3) is 0 Å². The number of ether oxygens (including phenoxy) is 4. The van der Waals surface area contributed by atoms with Gasteiger partial charge in [0.1, 0.15) is 6.54 Å². The van der Waals surface area contributed by atoms with Gasteiger partial charge in [-0.2, -0.15) is 0 Å². The number of rotatable bonds is 17. The number of carbonyl (C=O) groups is 3. The van der Waals surface area contributed by atoms with Crippen molar-refractivity contribution in [1.29, 1.82) is 0 Å². The van der Waals surface area contributed by atoms with E-state index in [0.717, 1.165) is 10.4 Å². The summed E-state index contributed by atoms with van der Waals surface area (Å²) in [7, 11) is 3.18. The maximum Gasteiger partial charge on any atom is 0.338 e. The molecule has 10 nitrogen and oxygen atoms in total. The zero-order valence-electron chi connectivity index (χ0n) is 25.3. The van der Waals surface area contributed by atoms with Gasteiger partial charge in [-0.25, -0.2) is 9.59 Å². The lowest BCUT2D eigenvalue weighted by Crippen LogP contribution is -2.45. The van der Waals surface area contributed by atoms with Crippen molar-refractivity contribution in [2.75, 3.05) is 59.0 Å². The number of thiophene rings is 1. The third-order valence-electron chi connectivity index (χ3n) is 6.58. The first-order chi connectivity index (χ1) is 20.9. The highest BCUT2D eigenvalue weighted by atomic mass is 32.1. The Morgan fingerprint density at radius 2 is 1.65 bits per heavy atom. The van der Waals surface area contributed by atoms with Crippen LogP contribution in [0.2, 0.25) is 0 Å². The third kappa shape index (κ3) is 10.6. The van der Waals surface area contributed by atoms with Gasteiger partial charge in [-0.05, 0) is 80.1 Å². The summed E-state index contributed by atoms with van der Waals surface area (Å²) in [6, 6.07) is 15.7. The molecule has 1 heterocycles. The molecule has 0 unspecified atom stereocenters. The fourth-order valence-electron chi connectivity index (χ4n) is 4.31. The molecule has 0 aliphatic carbocycles. The van der Waals surface area contributed by atoms with Gasteiger partial charge in [0.25, 0.3) is 0 Å². The maximum absolute atomic E-state index is 13.7. The second kappa shape index (κ2) is 17.8. The number of amides is 3. The third-order valence-corrected chi connectivity index (χ3v) is 7.44. The Hall–Kier alpha value is -4.09. The van der Waals surface area contributed by atoms with E-state index in [1.54, 1.807) is 61.6 Å². The Morgan fingerprint density at radius 3 is 2.30 bits per heavy atom. The monoisotopic (exact) mass is 611 g/mol. The molecule has 0 saturated carbocycles. The molecular formula is C32H41N3O7S. The lowest BCUT2D eigenvalue weighted by atomic mass is 10.1. The van der Waals surface area contributed by atoms with E-state index < -0.39 is 12.0 Å². The molecule has 0 fully saturated rings. The van der Waals surface area contributed by atoms with Crippen LogP contribution in [0.1, 0.15) is 41.1 Å². The topological polar surface area (TPSA) is 107 Å². The Morgan fingerprint density at radius 1 is 0.884 bits per heavy atom. The molecule has 3 amide bonds. The van der Waals surface area contributed by atoms with Crippen LogP contribution >= 0.6 is 11.3 Å². The van der Waals surface area contributed by atoms with Crippen molar-refractivity contribution in [3.05, 3.63) is 76.0 Å². The summed E-state index contributed by atoms with van der Waals surface area (Å²) in [5, 5.41) is 4.83. The van der Waals surface area contributed by atoms with E-state index in [4.69, 9.17) is 18.9 Å². The quantitative estimate of drug-likeness (QED) is 0.159. The molecule has 0 aliphatic rings. The zero-order chi connectivity index (χ0) is 31.0. The first-order valence-corrected chi connectivity index (χ1v) is 15.2. The highest BCUT2D eigenvalue weighted by Crippen LogP contribution is 2.28. The van der Waals surface area contributed by atoms with Crippen LogP contribution in [0.5, 0.6) is 11.5 Å². The lowest BCUT2D eigenvalue weighted by Gasteiger charge is -2.28. The number of urea groups is 1. The number of benzene rings is 2. The minimum atomic E-state index is -0.428. The summed E-state index contributed by atoms with van der Waals surface area (Å²) < 4.78 is 21.3. The fraction of sp³-hybridized carbons (Fsp3) is 0.406. The molecule has 3 aromatic rings. The van der Waals surface area contributed by atoms with Gasteiger partial charge < -0.3 is 34.1 Å². The molecule has 0 radical (unpaired) electrons. The number of methoxy groups -OCH3 is 2. The van der Waals surface area contributed by atoms with Crippen molar-refractivity contribution in [1.82, 2.24) is 9.80 Å². The van der Waals surface area contributed by atoms with E-state index in [9.17, 15) is 14.4 Å². The van der Waals surface area contributed by atoms with Crippen LogP contribution in [-0.2, 0) is 27.2 Å². The first-order valence-electron chi connectivity index (χ1n) is 14.3. The van der Waals surface area contributed by atoms with Gasteiger partial charge in [0.2, 0.25) is 5.91 Å². The summed E-state index contributed by atoms with van der Waals surface area (Å²) in [4.78, 5) is 43.4. The number of hydrogen-bond donors (Lipinski definition) is 1. The van der Waals surface area contributed by atoms with E-state index in [-0.39, 0.29) is 19.1 Å². The molecule has 2 aromatic carbocycles. The Kier molecular flexibility index (Phi) is 13.8. The Balaban J connectivity index is 1.73. The predicted molar refractivity (Wildman–Crippen MR) is 167 cm³/mol. The van der Waals surface area contributed by atoms with Crippen molar-refractivity contribution in [3.8, 4) is 11.5 Å². The highest BCUT2D eigenvalue weighted by Gasteiger charge is 2.22. The average molecular weight is 612 g/mol. The molecule has 1 N–H and O–H groups in total. The molecule has 0 aliphatic heterocycles. The minimum Gasteiger partial charge on any atom is -0.493 e. The zero-order valence-corrected chi connectivity index (χ0v) is 26.1. The molecular weight excluding hydrogens is 570 g/mol. The molecule has 11 heteroatoms. The standard InChI is InChI=1S/C32H41N3O7S/c1-5-41-19-8-17-35(32(38)33-26-13-11-25(12-14-26)31(37)42-6-2)23-30(36)34(22-27-9-7-20-43-27)18-16-24-10-15-28(39-3)29(21-24)40-4/h7,9-15,20-21H,5-6,8,16-19,22-23H2,1-4H3,(H,33,38). The van der Waals surface area contributed by atoms with E-state index in [1.807, 2.05) is 42.6 Å². The molecule has 1 aromatic heterocycles. The summed E-state index contributed by atoms with van der Waals surface area (Å²) in [6.07, 6.45) is 1.17. The minimum absolute atomic E-state index is 0.101. The van der Waals surface area contributed by atoms with Gasteiger partial charge >= 0.3 is 12.0 Å². The smallest absolute Gasteiger partial charge is 0.338 e. The predicted octanol–water partition coefficient (Wildman–Crippen LogP) is 5.47. The Bertz CT molecular complexity index is 1300. The van der Waals surface area contributed by atoms with E-state index in [2.05, 4.69) is 5.32 Å². The molecule has 3 rings (SSSR count). The Labute approximate surface area is 257 Å². The normalized spacial score (nSPS) is 10.6. The van der Waals surface area contributed by atoms with Gasteiger partial charge in [0.15, 0.2) is 11.5 Å². The van der Waals surface area contributed by atoms with E-state index in [0.29, 0.717) is 68.4 Å². The van der Waals surface area contributed by atoms with Crippen LogP contribution in [-0.4, -0.2) is 81.4 Å². The number of carbonyl (C=O) groups excluding carboxylic acids is 3. The van der Waals surface area contributed by atoms with Crippen molar-refractivity contribution in [3.63, 3.8) is 0 Å². The number of nitrogens with one attached hydrogen (secondary N) is 1.